The van der Waals surface area contributed by atoms with E-state index in [0.29, 0.717) is 57.4 Å². The number of carbonyl (C=O) groups excluding carboxylic acids is 3. The Kier molecular flexibility index (Phi) is 6.43. The summed E-state index contributed by atoms with van der Waals surface area (Å²) in [6, 6.07) is 15.7. The Balaban J connectivity index is 0.965. The number of aromatic amines is 1. The molecule has 2 saturated carbocycles. The molecule has 3 aromatic rings. The Morgan fingerprint density at radius 1 is 0.833 bits per heavy atom. The molecule has 2 aromatic carbocycles. The predicted octanol–water partition coefficient (Wildman–Crippen LogP) is 3.24. The van der Waals surface area contributed by atoms with Crippen LogP contribution in [-0.4, -0.2) is 78.5 Å². The van der Waals surface area contributed by atoms with Crippen molar-refractivity contribution in [2.45, 2.75) is 62.2 Å². The van der Waals surface area contributed by atoms with E-state index in [-0.39, 0.29) is 29.7 Å². The first-order valence-corrected chi connectivity index (χ1v) is 14.8. The van der Waals surface area contributed by atoms with Crippen molar-refractivity contribution in [1.82, 2.24) is 19.8 Å². The zero-order chi connectivity index (χ0) is 29.1. The molecule has 3 heterocycles. The second kappa shape index (κ2) is 10.1. The van der Waals surface area contributed by atoms with Crippen molar-refractivity contribution < 1.29 is 24.6 Å². The van der Waals surface area contributed by atoms with Gasteiger partial charge in [-0.1, -0.05) is 36.4 Å². The SMILES string of the molecule is O=C(Nc1ccc(-c2ccc(-c3cnc([C@@H]4CCCN4C(=O)C4(O)CC4)[nH]3)cc2)cc1)[C@@H]1CCN(C(=O)C2(O)CC2)C1. The number of rotatable bonds is 7. The maximum Gasteiger partial charge on any atom is 0.255 e. The summed E-state index contributed by atoms with van der Waals surface area (Å²) >= 11 is 0. The van der Waals surface area contributed by atoms with Gasteiger partial charge in [-0.2, -0.15) is 0 Å². The number of benzene rings is 2. The lowest BCUT2D eigenvalue weighted by molar-refractivity contribution is -0.143. The lowest BCUT2D eigenvalue weighted by Crippen LogP contribution is -2.40. The van der Waals surface area contributed by atoms with Crippen LogP contribution in [0.15, 0.2) is 54.7 Å². The van der Waals surface area contributed by atoms with Crippen LogP contribution in [-0.2, 0) is 14.4 Å². The van der Waals surface area contributed by atoms with E-state index < -0.39 is 11.2 Å². The van der Waals surface area contributed by atoms with Crippen LogP contribution in [0.3, 0.4) is 0 Å². The van der Waals surface area contributed by atoms with E-state index in [2.05, 4.69) is 15.3 Å². The minimum atomic E-state index is -1.19. The predicted molar refractivity (Wildman–Crippen MR) is 155 cm³/mol. The van der Waals surface area contributed by atoms with Gasteiger partial charge in [-0.25, -0.2) is 4.98 Å². The molecule has 218 valence electrons. The number of aliphatic hydroxyl groups is 2. The molecule has 2 atom stereocenters. The van der Waals surface area contributed by atoms with Crippen LogP contribution >= 0.6 is 0 Å². The average molecular weight is 570 g/mol. The Morgan fingerprint density at radius 2 is 1.45 bits per heavy atom. The van der Waals surface area contributed by atoms with E-state index in [9.17, 15) is 24.6 Å². The number of amides is 3. The number of hydrogen-bond donors (Lipinski definition) is 4. The summed E-state index contributed by atoms with van der Waals surface area (Å²) < 4.78 is 0. The number of nitrogens with zero attached hydrogens (tertiary/aromatic N) is 3. The molecule has 0 radical (unpaired) electrons. The van der Waals surface area contributed by atoms with Crippen LogP contribution in [0.25, 0.3) is 22.4 Å². The molecule has 1 aromatic heterocycles. The van der Waals surface area contributed by atoms with Gasteiger partial charge in [-0.05, 0) is 73.8 Å². The molecule has 0 unspecified atom stereocenters. The highest BCUT2D eigenvalue weighted by Gasteiger charge is 2.53. The Bertz CT molecular complexity index is 1520. The molecule has 4 N–H and O–H groups in total. The van der Waals surface area contributed by atoms with Crippen molar-refractivity contribution in [3.8, 4) is 22.4 Å². The maximum atomic E-state index is 12.8. The topological polar surface area (TPSA) is 139 Å². The van der Waals surface area contributed by atoms with E-state index in [0.717, 1.165) is 41.1 Å². The van der Waals surface area contributed by atoms with Crippen LogP contribution in [0, 0.1) is 5.92 Å². The third kappa shape index (κ3) is 4.98. The van der Waals surface area contributed by atoms with Crippen molar-refractivity contribution in [3.05, 3.63) is 60.6 Å². The van der Waals surface area contributed by atoms with Crippen molar-refractivity contribution >= 4 is 23.4 Å². The fraction of sp³-hybridized carbons (Fsp3) is 0.438. The first kappa shape index (κ1) is 26.9. The van der Waals surface area contributed by atoms with Gasteiger partial charge < -0.3 is 30.3 Å². The minimum Gasteiger partial charge on any atom is -0.380 e. The molecule has 0 spiro atoms. The standard InChI is InChI=1S/C32H35N5O5/c38-28(23-11-17-36(19-23)29(39)31(41)12-13-31)34-24-9-7-21(8-10-24)20-3-5-22(6-4-20)25-18-33-27(35-25)26-2-1-16-37(26)30(40)32(42)14-15-32/h3-10,18,23,26,41-42H,1-2,11-17,19H2,(H,33,35)(H,34,38)/t23-,26+/m1/s1. The van der Waals surface area contributed by atoms with Crippen LogP contribution in [0.1, 0.15) is 56.8 Å². The van der Waals surface area contributed by atoms with Gasteiger partial charge in [-0.3, -0.25) is 14.4 Å². The Morgan fingerprint density at radius 3 is 2.12 bits per heavy atom. The maximum absolute atomic E-state index is 12.8. The Labute approximate surface area is 243 Å². The minimum absolute atomic E-state index is 0.113. The van der Waals surface area contributed by atoms with E-state index in [1.54, 1.807) is 16.0 Å². The van der Waals surface area contributed by atoms with Crippen molar-refractivity contribution in [1.29, 1.82) is 0 Å². The summed E-state index contributed by atoms with van der Waals surface area (Å²) in [5.41, 5.74) is 2.23. The van der Waals surface area contributed by atoms with Gasteiger partial charge in [0.15, 0.2) is 0 Å². The van der Waals surface area contributed by atoms with Gasteiger partial charge in [-0.15, -0.1) is 0 Å². The van der Waals surface area contributed by atoms with E-state index in [1.807, 2.05) is 48.5 Å². The molecular formula is C32H35N5O5. The summed E-state index contributed by atoms with van der Waals surface area (Å²) in [7, 11) is 0. The molecule has 10 nitrogen and oxygen atoms in total. The number of imidazole rings is 1. The van der Waals surface area contributed by atoms with Crippen LogP contribution in [0.4, 0.5) is 5.69 Å². The van der Waals surface area contributed by atoms with Gasteiger partial charge >= 0.3 is 0 Å². The summed E-state index contributed by atoms with van der Waals surface area (Å²) in [4.78, 5) is 49.3. The molecule has 2 aliphatic carbocycles. The fourth-order valence-electron chi connectivity index (χ4n) is 6.16. The van der Waals surface area contributed by atoms with E-state index in [1.165, 1.54) is 0 Å². The molecule has 10 heteroatoms. The zero-order valence-corrected chi connectivity index (χ0v) is 23.4. The molecule has 2 saturated heterocycles. The van der Waals surface area contributed by atoms with E-state index >= 15 is 0 Å². The number of H-pyrrole nitrogens is 1. The van der Waals surface area contributed by atoms with Crippen molar-refractivity contribution in [3.63, 3.8) is 0 Å². The molecule has 3 amide bonds. The quantitative estimate of drug-likeness (QED) is 0.345. The molecular weight excluding hydrogens is 534 g/mol. The number of hydrogen-bond acceptors (Lipinski definition) is 6. The lowest BCUT2D eigenvalue weighted by atomic mass is 10.0. The van der Waals surface area contributed by atoms with Gasteiger partial charge in [0.2, 0.25) is 5.91 Å². The van der Waals surface area contributed by atoms with Gasteiger partial charge in [0.05, 0.1) is 23.9 Å². The summed E-state index contributed by atoms with van der Waals surface area (Å²) in [6.45, 7) is 1.48. The van der Waals surface area contributed by atoms with Gasteiger partial charge in [0, 0.05) is 25.3 Å². The summed E-state index contributed by atoms with van der Waals surface area (Å²) in [5.74, 6) is -0.0729. The Hall–Kier alpha value is -4.02. The highest BCUT2D eigenvalue weighted by atomic mass is 16.3. The highest BCUT2D eigenvalue weighted by Crippen LogP contribution is 2.42. The normalized spacial score (nSPS) is 23.6. The molecule has 4 aliphatic rings. The molecule has 2 aliphatic heterocycles. The third-order valence-electron chi connectivity index (χ3n) is 9.20. The van der Waals surface area contributed by atoms with E-state index in [4.69, 9.17) is 0 Å². The summed E-state index contributed by atoms with van der Waals surface area (Å²) in [6.07, 6.45) is 6.20. The molecule has 0 bridgehead atoms. The first-order chi connectivity index (χ1) is 20.2. The number of carbonyl (C=O) groups is 3. The van der Waals surface area contributed by atoms with Crippen LogP contribution < -0.4 is 5.32 Å². The third-order valence-corrected chi connectivity index (χ3v) is 9.20. The number of anilines is 1. The van der Waals surface area contributed by atoms with Crippen LogP contribution in [0.2, 0.25) is 0 Å². The number of aromatic nitrogens is 2. The first-order valence-electron chi connectivity index (χ1n) is 14.8. The van der Waals surface area contributed by atoms with Crippen LogP contribution in [0.5, 0.6) is 0 Å². The molecule has 7 rings (SSSR count). The smallest absolute Gasteiger partial charge is 0.255 e. The average Bonchev–Trinajstić information content (AvgIpc) is 3.65. The largest absolute Gasteiger partial charge is 0.380 e. The van der Waals surface area contributed by atoms with Gasteiger partial charge in [0.25, 0.3) is 11.8 Å². The fourth-order valence-corrected chi connectivity index (χ4v) is 6.16. The summed E-state index contributed by atoms with van der Waals surface area (Å²) in [5, 5.41) is 23.4. The van der Waals surface area contributed by atoms with Crippen molar-refractivity contribution in [2.24, 2.45) is 5.92 Å². The highest BCUT2D eigenvalue weighted by molar-refractivity contribution is 5.94. The van der Waals surface area contributed by atoms with Crippen molar-refractivity contribution in [2.75, 3.05) is 25.0 Å². The lowest BCUT2D eigenvalue weighted by Gasteiger charge is -2.25. The number of likely N-dealkylation sites (tertiary alicyclic amines) is 2. The number of nitrogens with one attached hydrogen (secondary N) is 2. The molecule has 4 fully saturated rings. The van der Waals surface area contributed by atoms with Gasteiger partial charge in [0.1, 0.15) is 17.0 Å². The molecule has 42 heavy (non-hydrogen) atoms. The second-order valence-corrected chi connectivity index (χ2v) is 12.3. The monoisotopic (exact) mass is 569 g/mol. The second-order valence-electron chi connectivity index (χ2n) is 12.3. The zero-order valence-electron chi connectivity index (χ0n) is 23.4.